The van der Waals surface area contributed by atoms with Crippen LogP contribution in [0.2, 0.25) is 0 Å². The lowest BCUT2D eigenvalue weighted by atomic mass is 10.3. The number of hydrogen-bond acceptors (Lipinski definition) is 3. The Balaban J connectivity index is 2.59. The Morgan fingerprint density at radius 1 is 1.21 bits per heavy atom. The Bertz CT molecular complexity index is 270. The van der Waals surface area contributed by atoms with E-state index in [1.807, 2.05) is 4.68 Å². The molecule has 0 aliphatic rings. The van der Waals surface area contributed by atoms with Gasteiger partial charge in [-0.2, -0.15) is 17.7 Å². The SMILES string of the molecule is CCc1nc(CC)n(CCCCS)n1. The van der Waals surface area contributed by atoms with Crippen molar-refractivity contribution in [3.63, 3.8) is 0 Å². The van der Waals surface area contributed by atoms with Crippen molar-refractivity contribution in [2.45, 2.75) is 46.1 Å². The average Bonchev–Trinajstić information content (AvgIpc) is 2.61. The first-order chi connectivity index (χ1) is 6.81. The molecular formula is C10H19N3S. The molecule has 0 atom stereocenters. The predicted molar refractivity (Wildman–Crippen MR) is 61.9 cm³/mol. The van der Waals surface area contributed by atoms with E-state index in [0.717, 1.165) is 49.6 Å². The molecular weight excluding hydrogens is 194 g/mol. The zero-order chi connectivity index (χ0) is 10.4. The summed E-state index contributed by atoms with van der Waals surface area (Å²) in [6, 6.07) is 0. The first kappa shape index (κ1) is 11.6. The fourth-order valence-electron chi connectivity index (χ4n) is 1.39. The van der Waals surface area contributed by atoms with Gasteiger partial charge >= 0.3 is 0 Å². The molecule has 0 aromatic carbocycles. The lowest BCUT2D eigenvalue weighted by Gasteiger charge is -2.02. The summed E-state index contributed by atoms with van der Waals surface area (Å²) in [5, 5.41) is 4.45. The van der Waals surface area contributed by atoms with E-state index in [0.29, 0.717) is 0 Å². The van der Waals surface area contributed by atoms with Gasteiger partial charge in [0.2, 0.25) is 0 Å². The minimum atomic E-state index is 0.923. The van der Waals surface area contributed by atoms with Gasteiger partial charge in [0.25, 0.3) is 0 Å². The van der Waals surface area contributed by atoms with Crippen molar-refractivity contribution >= 4 is 12.6 Å². The second-order valence-corrected chi connectivity index (χ2v) is 3.75. The van der Waals surface area contributed by atoms with Crippen molar-refractivity contribution < 1.29 is 0 Å². The van der Waals surface area contributed by atoms with Crippen LogP contribution >= 0.6 is 12.6 Å². The lowest BCUT2D eigenvalue weighted by Crippen LogP contribution is -2.05. The number of unbranched alkanes of at least 4 members (excludes halogenated alkanes) is 1. The zero-order valence-electron chi connectivity index (χ0n) is 9.03. The molecule has 1 rings (SSSR count). The standard InChI is InChI=1S/C10H19N3S/c1-3-9-11-10(4-2)13(12-9)7-5-6-8-14/h14H,3-8H2,1-2H3. The van der Waals surface area contributed by atoms with Crippen LogP contribution in [0.4, 0.5) is 0 Å². The maximum Gasteiger partial charge on any atom is 0.150 e. The molecule has 0 fully saturated rings. The molecule has 0 aliphatic carbocycles. The molecule has 0 saturated heterocycles. The molecule has 0 N–H and O–H groups in total. The van der Waals surface area contributed by atoms with Crippen molar-refractivity contribution in [3.05, 3.63) is 11.6 Å². The van der Waals surface area contributed by atoms with Crippen LogP contribution in [0.5, 0.6) is 0 Å². The topological polar surface area (TPSA) is 30.7 Å². The fourth-order valence-corrected chi connectivity index (χ4v) is 1.61. The van der Waals surface area contributed by atoms with Gasteiger partial charge in [-0.15, -0.1) is 0 Å². The molecule has 0 saturated carbocycles. The van der Waals surface area contributed by atoms with Crippen LogP contribution in [0.3, 0.4) is 0 Å². The third-order valence-corrected chi connectivity index (χ3v) is 2.52. The van der Waals surface area contributed by atoms with E-state index >= 15 is 0 Å². The van der Waals surface area contributed by atoms with Crippen LogP contribution in [0, 0.1) is 0 Å². The van der Waals surface area contributed by atoms with E-state index in [1.165, 1.54) is 0 Å². The molecule has 0 bridgehead atoms. The summed E-state index contributed by atoms with van der Waals surface area (Å²) in [7, 11) is 0. The molecule has 80 valence electrons. The molecule has 1 aromatic heterocycles. The van der Waals surface area contributed by atoms with Crippen LogP contribution in [0.25, 0.3) is 0 Å². The maximum atomic E-state index is 4.46. The van der Waals surface area contributed by atoms with Crippen molar-refractivity contribution in [1.29, 1.82) is 0 Å². The molecule has 0 spiro atoms. The normalized spacial score (nSPS) is 10.8. The number of aromatic nitrogens is 3. The van der Waals surface area contributed by atoms with E-state index in [4.69, 9.17) is 0 Å². The predicted octanol–water partition coefficient (Wildman–Crippen LogP) is 2.11. The lowest BCUT2D eigenvalue weighted by molar-refractivity contribution is 0.546. The minimum Gasteiger partial charge on any atom is -0.250 e. The number of nitrogens with zero attached hydrogens (tertiary/aromatic N) is 3. The third kappa shape index (κ3) is 3.01. The molecule has 1 heterocycles. The summed E-state index contributed by atoms with van der Waals surface area (Å²) in [5.41, 5.74) is 0. The van der Waals surface area contributed by atoms with Gasteiger partial charge < -0.3 is 0 Å². The molecule has 0 amide bonds. The smallest absolute Gasteiger partial charge is 0.150 e. The van der Waals surface area contributed by atoms with Gasteiger partial charge in [-0.3, -0.25) is 0 Å². The summed E-state index contributed by atoms with van der Waals surface area (Å²) in [6.45, 7) is 5.20. The zero-order valence-corrected chi connectivity index (χ0v) is 9.93. The van der Waals surface area contributed by atoms with Crippen LogP contribution in [-0.4, -0.2) is 20.5 Å². The molecule has 0 unspecified atom stereocenters. The van der Waals surface area contributed by atoms with Gasteiger partial charge in [0.15, 0.2) is 5.82 Å². The third-order valence-electron chi connectivity index (χ3n) is 2.20. The maximum absolute atomic E-state index is 4.46. The summed E-state index contributed by atoms with van der Waals surface area (Å²) in [6.07, 6.45) is 4.18. The molecule has 3 nitrogen and oxygen atoms in total. The van der Waals surface area contributed by atoms with Gasteiger partial charge in [-0.25, -0.2) is 9.67 Å². The Morgan fingerprint density at radius 3 is 2.57 bits per heavy atom. The van der Waals surface area contributed by atoms with Crippen molar-refractivity contribution in [1.82, 2.24) is 14.8 Å². The van der Waals surface area contributed by atoms with Crippen molar-refractivity contribution in [2.75, 3.05) is 5.75 Å². The van der Waals surface area contributed by atoms with Crippen LogP contribution < -0.4 is 0 Å². The van der Waals surface area contributed by atoms with Gasteiger partial charge in [-0.1, -0.05) is 13.8 Å². The van der Waals surface area contributed by atoms with E-state index in [2.05, 4.69) is 36.6 Å². The van der Waals surface area contributed by atoms with Crippen LogP contribution in [-0.2, 0) is 19.4 Å². The molecule has 14 heavy (non-hydrogen) atoms. The molecule has 1 aromatic rings. The van der Waals surface area contributed by atoms with Gasteiger partial charge in [0.05, 0.1) is 0 Å². The van der Waals surface area contributed by atoms with E-state index in [9.17, 15) is 0 Å². The second kappa shape index (κ2) is 6.06. The van der Waals surface area contributed by atoms with Crippen LogP contribution in [0.15, 0.2) is 0 Å². The largest absolute Gasteiger partial charge is 0.250 e. The van der Waals surface area contributed by atoms with Crippen molar-refractivity contribution in [3.8, 4) is 0 Å². The Kier molecular flexibility index (Phi) is 5.01. The Hall–Kier alpha value is -0.510. The monoisotopic (exact) mass is 213 g/mol. The van der Waals surface area contributed by atoms with Gasteiger partial charge in [0.1, 0.15) is 5.82 Å². The highest BCUT2D eigenvalue weighted by molar-refractivity contribution is 7.80. The highest BCUT2D eigenvalue weighted by atomic mass is 32.1. The number of rotatable bonds is 6. The minimum absolute atomic E-state index is 0.923. The summed E-state index contributed by atoms with van der Waals surface area (Å²) in [5.74, 6) is 3.03. The average molecular weight is 213 g/mol. The number of aryl methyl sites for hydroxylation is 3. The van der Waals surface area contributed by atoms with Crippen LogP contribution in [0.1, 0.15) is 38.3 Å². The highest BCUT2D eigenvalue weighted by Crippen LogP contribution is 2.03. The summed E-state index contributed by atoms with van der Waals surface area (Å²) >= 11 is 4.19. The quantitative estimate of drug-likeness (QED) is 0.579. The Labute approximate surface area is 91.3 Å². The molecule has 0 aliphatic heterocycles. The number of hydrogen-bond donors (Lipinski definition) is 1. The van der Waals surface area contributed by atoms with E-state index in [-0.39, 0.29) is 0 Å². The van der Waals surface area contributed by atoms with E-state index < -0.39 is 0 Å². The molecule has 4 heteroatoms. The van der Waals surface area contributed by atoms with Gasteiger partial charge in [0, 0.05) is 19.4 Å². The van der Waals surface area contributed by atoms with Crippen molar-refractivity contribution in [2.24, 2.45) is 0 Å². The first-order valence-electron chi connectivity index (χ1n) is 5.35. The first-order valence-corrected chi connectivity index (χ1v) is 5.98. The summed E-state index contributed by atoms with van der Waals surface area (Å²) in [4.78, 5) is 4.46. The number of thiol groups is 1. The summed E-state index contributed by atoms with van der Waals surface area (Å²) < 4.78 is 2.04. The Morgan fingerprint density at radius 2 is 2.00 bits per heavy atom. The van der Waals surface area contributed by atoms with E-state index in [1.54, 1.807) is 0 Å². The van der Waals surface area contributed by atoms with Gasteiger partial charge in [-0.05, 0) is 18.6 Å². The molecule has 0 radical (unpaired) electrons. The second-order valence-electron chi connectivity index (χ2n) is 3.31. The fraction of sp³-hybridized carbons (Fsp3) is 0.800. The highest BCUT2D eigenvalue weighted by Gasteiger charge is 2.05.